The number of rotatable bonds is 3. The molecule has 26 heavy (non-hydrogen) atoms. The van der Waals surface area contributed by atoms with Gasteiger partial charge in [0.15, 0.2) is 0 Å². The fourth-order valence-corrected chi connectivity index (χ4v) is 7.74. The molecule has 3 heteroatoms. The van der Waals surface area contributed by atoms with Crippen molar-refractivity contribution in [2.45, 2.75) is 84.8 Å². The topological polar surface area (TPSA) is 46.5 Å². The van der Waals surface area contributed by atoms with Gasteiger partial charge >= 0.3 is 0 Å². The van der Waals surface area contributed by atoms with Crippen molar-refractivity contribution in [1.29, 1.82) is 0 Å². The Labute approximate surface area is 158 Å². The number of Topliss-reactive ketones (excluding diaryl/α,β-unsaturated/α-hetero) is 1. The lowest BCUT2D eigenvalue weighted by atomic mass is 9.47. The lowest BCUT2D eigenvalue weighted by Crippen LogP contribution is -2.51. The van der Waals surface area contributed by atoms with Crippen LogP contribution in [0.25, 0.3) is 0 Å². The molecule has 0 heterocycles. The van der Waals surface area contributed by atoms with Gasteiger partial charge in [0, 0.05) is 12.5 Å². The van der Waals surface area contributed by atoms with Crippen LogP contribution in [0.4, 0.5) is 0 Å². The van der Waals surface area contributed by atoms with E-state index < -0.39 is 0 Å². The smallest absolute Gasteiger partial charge is 0.136 e. The van der Waals surface area contributed by atoms with E-state index in [1.807, 2.05) is 6.92 Å². The Morgan fingerprint density at radius 2 is 2.04 bits per heavy atom. The van der Waals surface area contributed by atoms with E-state index >= 15 is 0 Å². The third-order valence-electron chi connectivity index (χ3n) is 8.90. The molecule has 0 aromatic heterocycles. The molecule has 0 saturated heterocycles. The fraction of sp³-hybridized carbons (Fsp3) is 0.870. The first kappa shape index (κ1) is 18.7. The maximum absolute atomic E-state index is 12.6. The minimum Gasteiger partial charge on any atom is -0.393 e. The monoisotopic (exact) mass is 360 g/mol. The van der Waals surface area contributed by atoms with Gasteiger partial charge in [-0.3, -0.25) is 4.79 Å². The predicted molar refractivity (Wildman–Crippen MR) is 103 cm³/mol. The number of ketones is 1. The van der Waals surface area contributed by atoms with E-state index in [4.69, 9.17) is 4.74 Å². The predicted octanol–water partition coefficient (Wildman–Crippen LogP) is 4.53. The van der Waals surface area contributed by atoms with Gasteiger partial charge in [-0.25, -0.2) is 0 Å². The summed E-state index contributed by atoms with van der Waals surface area (Å²) in [6, 6.07) is 0. The summed E-state index contributed by atoms with van der Waals surface area (Å²) in [7, 11) is 0. The first-order valence-corrected chi connectivity index (χ1v) is 10.8. The molecule has 1 N–H and O–H groups in total. The standard InChI is InChI=1S/C23H36O3/c1-5-26-20-13-19-17-7-6-15-12-16(25)8-10-22(15,3)18(17)9-11-23(19,4)21(20)14(2)24/h6,16-21,25H,5,7-13H2,1-4H3/t16-,17+,18-,19-,20?,21-,22-,23-/m0/s1. The van der Waals surface area contributed by atoms with Crippen LogP contribution in [0.2, 0.25) is 0 Å². The van der Waals surface area contributed by atoms with Gasteiger partial charge in [-0.05, 0) is 87.4 Å². The Balaban J connectivity index is 1.67. The summed E-state index contributed by atoms with van der Waals surface area (Å²) in [6.45, 7) is 9.37. The van der Waals surface area contributed by atoms with Crippen LogP contribution < -0.4 is 0 Å². The second-order valence-corrected chi connectivity index (χ2v) is 10.0. The van der Waals surface area contributed by atoms with E-state index in [9.17, 15) is 9.90 Å². The summed E-state index contributed by atoms with van der Waals surface area (Å²) in [4.78, 5) is 12.6. The summed E-state index contributed by atoms with van der Waals surface area (Å²) < 4.78 is 6.09. The van der Waals surface area contributed by atoms with E-state index in [0.717, 1.165) is 38.5 Å². The quantitative estimate of drug-likeness (QED) is 0.752. The van der Waals surface area contributed by atoms with Crippen molar-refractivity contribution in [3.8, 4) is 0 Å². The average molecular weight is 361 g/mol. The second-order valence-electron chi connectivity index (χ2n) is 10.0. The highest BCUT2D eigenvalue weighted by Gasteiger charge is 2.62. The van der Waals surface area contributed by atoms with Crippen molar-refractivity contribution in [3.63, 3.8) is 0 Å². The van der Waals surface area contributed by atoms with Crippen molar-refractivity contribution in [2.75, 3.05) is 6.61 Å². The molecule has 3 nitrogen and oxygen atoms in total. The molecule has 0 aromatic carbocycles. The van der Waals surface area contributed by atoms with Gasteiger partial charge in [0.25, 0.3) is 0 Å². The van der Waals surface area contributed by atoms with Gasteiger partial charge < -0.3 is 9.84 Å². The molecular formula is C23H36O3. The van der Waals surface area contributed by atoms with Gasteiger partial charge in [0.1, 0.15) is 5.78 Å². The van der Waals surface area contributed by atoms with Gasteiger partial charge in [-0.1, -0.05) is 25.5 Å². The van der Waals surface area contributed by atoms with Crippen molar-refractivity contribution in [1.82, 2.24) is 0 Å². The van der Waals surface area contributed by atoms with Crippen LogP contribution in [0.5, 0.6) is 0 Å². The maximum atomic E-state index is 12.6. The minimum atomic E-state index is -0.143. The molecule has 3 fully saturated rings. The average Bonchev–Trinajstić information content (AvgIpc) is 2.88. The number of ether oxygens (including phenoxy) is 1. The van der Waals surface area contributed by atoms with Crippen LogP contribution in [0.1, 0.15) is 72.6 Å². The van der Waals surface area contributed by atoms with Crippen molar-refractivity contribution in [2.24, 2.45) is 34.5 Å². The Hall–Kier alpha value is -0.670. The Bertz CT molecular complexity index is 611. The fourth-order valence-electron chi connectivity index (χ4n) is 7.74. The second kappa shape index (κ2) is 6.44. The van der Waals surface area contributed by atoms with Crippen LogP contribution in [0.15, 0.2) is 11.6 Å². The highest BCUT2D eigenvalue weighted by Crippen LogP contribution is 2.66. The molecule has 146 valence electrons. The Morgan fingerprint density at radius 1 is 1.27 bits per heavy atom. The molecule has 0 bridgehead atoms. The third-order valence-corrected chi connectivity index (χ3v) is 8.90. The molecule has 0 radical (unpaired) electrons. The van der Waals surface area contributed by atoms with Crippen LogP contribution in [-0.2, 0) is 9.53 Å². The number of carbonyl (C=O) groups excluding carboxylic acids is 1. The van der Waals surface area contributed by atoms with Gasteiger partial charge in [0.2, 0.25) is 0 Å². The number of aliphatic hydroxyl groups excluding tert-OH is 1. The van der Waals surface area contributed by atoms with Crippen LogP contribution in [0, 0.1) is 34.5 Å². The number of hydrogen-bond acceptors (Lipinski definition) is 3. The van der Waals surface area contributed by atoms with Crippen LogP contribution >= 0.6 is 0 Å². The normalized spacial score (nSPS) is 50.4. The van der Waals surface area contributed by atoms with E-state index in [1.165, 1.54) is 12.0 Å². The molecular weight excluding hydrogens is 324 g/mol. The molecule has 0 spiro atoms. The zero-order chi connectivity index (χ0) is 18.7. The van der Waals surface area contributed by atoms with E-state index in [0.29, 0.717) is 30.1 Å². The molecule has 0 amide bonds. The number of carbonyl (C=O) groups is 1. The van der Waals surface area contributed by atoms with Crippen molar-refractivity contribution >= 4 is 5.78 Å². The summed E-state index contributed by atoms with van der Waals surface area (Å²) >= 11 is 0. The molecule has 0 aliphatic heterocycles. The van der Waals surface area contributed by atoms with Crippen molar-refractivity contribution < 1.29 is 14.6 Å². The summed E-state index contributed by atoms with van der Waals surface area (Å²) in [5, 5.41) is 10.1. The van der Waals surface area contributed by atoms with Crippen LogP contribution in [-0.4, -0.2) is 29.7 Å². The third kappa shape index (κ3) is 2.57. The molecule has 4 aliphatic rings. The van der Waals surface area contributed by atoms with Crippen molar-refractivity contribution in [3.05, 3.63) is 11.6 Å². The Morgan fingerprint density at radius 3 is 2.73 bits per heavy atom. The van der Waals surface area contributed by atoms with Gasteiger partial charge in [0.05, 0.1) is 12.2 Å². The SMILES string of the molecule is CCOC1C[C@H]2[C@@H]3CC=C4C[C@@H](O)CC[C@]4(C)[C@H]3CC[C@]2(C)[C@H]1C(C)=O. The minimum absolute atomic E-state index is 0.0692. The van der Waals surface area contributed by atoms with Crippen LogP contribution in [0.3, 0.4) is 0 Å². The number of allylic oxidation sites excluding steroid dienone is 1. The zero-order valence-electron chi connectivity index (χ0n) is 17.0. The van der Waals surface area contributed by atoms with E-state index in [1.54, 1.807) is 6.92 Å². The number of hydrogen-bond donors (Lipinski definition) is 1. The molecule has 0 aromatic rings. The van der Waals surface area contributed by atoms with Gasteiger partial charge in [-0.2, -0.15) is 0 Å². The molecule has 4 aliphatic carbocycles. The maximum Gasteiger partial charge on any atom is 0.136 e. The van der Waals surface area contributed by atoms with E-state index in [-0.39, 0.29) is 29.0 Å². The molecule has 8 atom stereocenters. The molecule has 4 rings (SSSR count). The first-order valence-electron chi connectivity index (χ1n) is 10.8. The lowest BCUT2D eigenvalue weighted by Gasteiger charge is -2.57. The largest absolute Gasteiger partial charge is 0.393 e. The van der Waals surface area contributed by atoms with Gasteiger partial charge in [-0.15, -0.1) is 0 Å². The molecule has 1 unspecified atom stereocenters. The Kier molecular flexibility index (Phi) is 4.63. The summed E-state index contributed by atoms with van der Waals surface area (Å²) in [5.41, 5.74) is 1.88. The highest BCUT2D eigenvalue weighted by molar-refractivity contribution is 5.80. The highest BCUT2D eigenvalue weighted by atomic mass is 16.5. The number of fused-ring (bicyclic) bond motifs is 5. The first-order chi connectivity index (χ1) is 12.3. The van der Waals surface area contributed by atoms with E-state index in [2.05, 4.69) is 19.9 Å². The zero-order valence-corrected chi connectivity index (χ0v) is 17.0. The number of aliphatic hydroxyl groups is 1. The molecule has 3 saturated carbocycles. The summed E-state index contributed by atoms with van der Waals surface area (Å²) in [6.07, 6.45) is 9.93. The lowest BCUT2D eigenvalue weighted by molar-refractivity contribution is -0.132. The summed E-state index contributed by atoms with van der Waals surface area (Å²) in [5.74, 6) is 2.37.